The smallest absolute Gasteiger partial charge is 0.243 e. The number of thiazole rings is 1. The van der Waals surface area contributed by atoms with Gasteiger partial charge in [0.25, 0.3) is 0 Å². The summed E-state index contributed by atoms with van der Waals surface area (Å²) in [4.78, 5) is 55.5. The fraction of sp³-hybridized carbons (Fsp3) is 0.649. The van der Waals surface area contributed by atoms with Crippen LogP contribution in [0.1, 0.15) is 111 Å². The molecule has 1 aliphatic rings. The molecule has 47 heavy (non-hydrogen) atoms. The molecule has 3 rings (SSSR count). The third kappa shape index (κ3) is 11.9. The van der Waals surface area contributed by atoms with E-state index in [0.29, 0.717) is 25.2 Å². The van der Waals surface area contributed by atoms with Gasteiger partial charge in [0.1, 0.15) is 12.3 Å². The number of carbonyl (C=O) groups is 4. The molecule has 1 unspecified atom stereocenters. The van der Waals surface area contributed by atoms with E-state index in [0.717, 1.165) is 61.8 Å². The number of nitrogens with zero attached hydrogens (tertiary/aromatic N) is 2. The minimum absolute atomic E-state index is 0.00424. The summed E-state index contributed by atoms with van der Waals surface area (Å²) in [6.45, 7) is 17.6. The molecule has 262 valence electrons. The maximum absolute atomic E-state index is 13.2. The van der Waals surface area contributed by atoms with Crippen LogP contribution < -0.4 is 16.0 Å². The van der Waals surface area contributed by atoms with E-state index in [4.69, 9.17) is 0 Å². The number of likely N-dealkylation sites (tertiary alicyclic amines) is 1. The lowest BCUT2D eigenvalue weighted by Gasteiger charge is -2.35. The molecule has 2 heterocycles. The van der Waals surface area contributed by atoms with Crippen LogP contribution in [0.3, 0.4) is 0 Å². The van der Waals surface area contributed by atoms with Crippen molar-refractivity contribution in [1.82, 2.24) is 25.8 Å². The van der Waals surface area contributed by atoms with Crippen LogP contribution in [-0.4, -0.2) is 72.0 Å². The van der Waals surface area contributed by atoms with E-state index >= 15 is 0 Å². The molecule has 2 amide bonds. The van der Waals surface area contributed by atoms with Gasteiger partial charge in [-0.05, 0) is 82.5 Å². The van der Waals surface area contributed by atoms with Gasteiger partial charge in [-0.3, -0.25) is 14.4 Å². The Kier molecular flexibility index (Phi) is 16.9. The summed E-state index contributed by atoms with van der Waals surface area (Å²) in [6.07, 6.45) is 6.74. The van der Waals surface area contributed by atoms with Crippen LogP contribution in [0.15, 0.2) is 29.8 Å². The summed E-state index contributed by atoms with van der Waals surface area (Å²) < 4.78 is 0. The molecule has 9 nitrogen and oxygen atoms in total. The number of ketones is 1. The molecular formula is C37H59N5O4S. The van der Waals surface area contributed by atoms with Crippen molar-refractivity contribution >= 4 is 35.2 Å². The highest BCUT2D eigenvalue weighted by atomic mass is 32.1. The lowest BCUT2D eigenvalue weighted by molar-refractivity contribution is -0.142. The van der Waals surface area contributed by atoms with E-state index in [1.165, 1.54) is 4.88 Å². The maximum atomic E-state index is 13.2. The van der Waals surface area contributed by atoms with Crippen LogP contribution in [0.5, 0.6) is 0 Å². The van der Waals surface area contributed by atoms with Crippen molar-refractivity contribution in [2.24, 2.45) is 11.3 Å². The van der Waals surface area contributed by atoms with E-state index in [9.17, 15) is 19.2 Å². The van der Waals surface area contributed by atoms with Crippen LogP contribution >= 0.6 is 11.3 Å². The molecule has 0 saturated carbocycles. The second-order valence-corrected chi connectivity index (χ2v) is 14.5. The van der Waals surface area contributed by atoms with Gasteiger partial charge in [0.2, 0.25) is 11.8 Å². The molecule has 10 heteroatoms. The first-order valence-corrected chi connectivity index (χ1v) is 18.2. The van der Waals surface area contributed by atoms with Crippen molar-refractivity contribution in [3.8, 4) is 10.4 Å². The number of likely N-dealkylation sites (N-methyl/N-ethyl adjacent to an activating group) is 1. The average Bonchev–Trinajstić information content (AvgIpc) is 3.71. The summed E-state index contributed by atoms with van der Waals surface area (Å²) in [6, 6.07) is 7.38. The Hall–Kier alpha value is -2.95. The normalized spacial score (nSPS) is 17.2. The molecule has 5 atom stereocenters. The molecule has 0 aliphatic carbocycles. The van der Waals surface area contributed by atoms with Gasteiger partial charge in [0.15, 0.2) is 5.78 Å². The number of hydrogen-bond donors (Lipinski definition) is 3. The zero-order valence-electron chi connectivity index (χ0n) is 30.2. The molecule has 3 N–H and O–H groups in total. The molecule has 0 radical (unpaired) electrons. The average molecular weight is 670 g/mol. The first-order valence-electron chi connectivity index (χ1n) is 17.3. The Morgan fingerprint density at radius 3 is 2.30 bits per heavy atom. The lowest BCUT2D eigenvalue weighted by atomic mass is 9.86. The number of rotatable bonds is 16. The molecule has 1 aromatic carbocycles. The number of hydrogen-bond acceptors (Lipinski definition) is 8. The summed E-state index contributed by atoms with van der Waals surface area (Å²) >= 11 is 1.63. The molecule has 1 aliphatic heterocycles. The van der Waals surface area contributed by atoms with Gasteiger partial charge in [-0.25, -0.2) is 4.98 Å². The minimum atomic E-state index is -0.410. The molecule has 0 spiro atoms. The number of aldehydes is 1. The first kappa shape index (κ1) is 40.2. The fourth-order valence-corrected chi connectivity index (χ4v) is 6.72. The predicted octanol–water partition coefficient (Wildman–Crippen LogP) is 6.26. The highest BCUT2D eigenvalue weighted by Crippen LogP contribution is 2.29. The third-order valence-electron chi connectivity index (χ3n) is 9.01. The summed E-state index contributed by atoms with van der Waals surface area (Å²) in [7, 11) is 1.80. The Balaban J connectivity index is 0.000000407. The molecule has 0 bridgehead atoms. The second-order valence-electron chi connectivity index (χ2n) is 13.7. The van der Waals surface area contributed by atoms with Gasteiger partial charge in [-0.1, -0.05) is 65.8 Å². The maximum Gasteiger partial charge on any atom is 0.243 e. The van der Waals surface area contributed by atoms with Gasteiger partial charge in [0, 0.05) is 18.9 Å². The SMILES string of the molecule is CCC(C)C(=O)[C@H](CC)NCCCCC=O.CN[C@H](C(=O)N1CCC[C@H]1C(=O)N[C@@H](C)c1ccc(-c2scnc2C)cc1)C(C)(C)C. The van der Waals surface area contributed by atoms with Gasteiger partial charge < -0.3 is 25.6 Å². The molecule has 1 aromatic heterocycles. The number of amides is 2. The number of carbonyl (C=O) groups excluding carboxylic acids is 4. The monoisotopic (exact) mass is 669 g/mol. The summed E-state index contributed by atoms with van der Waals surface area (Å²) in [5.74, 6) is 0.391. The minimum Gasteiger partial charge on any atom is -0.348 e. The summed E-state index contributed by atoms with van der Waals surface area (Å²) in [5.41, 5.74) is 4.84. The summed E-state index contributed by atoms with van der Waals surface area (Å²) in [5, 5.41) is 9.54. The van der Waals surface area contributed by atoms with Gasteiger partial charge in [-0.2, -0.15) is 0 Å². The van der Waals surface area contributed by atoms with Gasteiger partial charge in [0.05, 0.1) is 34.2 Å². The van der Waals surface area contributed by atoms with Crippen molar-refractivity contribution in [3.05, 3.63) is 41.0 Å². The Morgan fingerprint density at radius 1 is 1.09 bits per heavy atom. The number of nitrogens with one attached hydrogen (secondary N) is 3. The number of unbranched alkanes of at least 4 members (excludes halogenated alkanes) is 2. The molecular weight excluding hydrogens is 611 g/mol. The number of aromatic nitrogens is 1. The zero-order valence-corrected chi connectivity index (χ0v) is 31.0. The lowest BCUT2D eigenvalue weighted by Crippen LogP contribution is -2.55. The van der Waals surface area contributed by atoms with E-state index < -0.39 is 6.04 Å². The van der Waals surface area contributed by atoms with Gasteiger partial charge >= 0.3 is 0 Å². The van der Waals surface area contributed by atoms with Crippen LogP contribution in [0.4, 0.5) is 0 Å². The number of Topliss-reactive ketones (excluding diaryl/α,β-unsaturated/α-hetero) is 1. The third-order valence-corrected chi connectivity index (χ3v) is 9.98. The van der Waals surface area contributed by atoms with Crippen LogP contribution in [0.2, 0.25) is 0 Å². The molecule has 1 saturated heterocycles. The van der Waals surface area contributed by atoms with E-state index in [1.807, 2.05) is 73.0 Å². The quantitative estimate of drug-likeness (QED) is 0.143. The zero-order chi connectivity index (χ0) is 35.1. The Morgan fingerprint density at radius 2 is 1.77 bits per heavy atom. The Bertz CT molecular complexity index is 1270. The highest BCUT2D eigenvalue weighted by Gasteiger charge is 2.40. The van der Waals surface area contributed by atoms with E-state index in [1.54, 1.807) is 23.3 Å². The van der Waals surface area contributed by atoms with Crippen molar-refractivity contribution in [3.63, 3.8) is 0 Å². The van der Waals surface area contributed by atoms with Gasteiger partial charge in [-0.15, -0.1) is 11.3 Å². The number of benzene rings is 1. The Labute approximate surface area is 287 Å². The van der Waals surface area contributed by atoms with Crippen molar-refractivity contribution in [2.45, 2.75) is 125 Å². The molecule has 2 aromatic rings. The van der Waals surface area contributed by atoms with Crippen molar-refractivity contribution < 1.29 is 19.2 Å². The largest absolute Gasteiger partial charge is 0.348 e. The topological polar surface area (TPSA) is 121 Å². The van der Waals surface area contributed by atoms with Crippen molar-refractivity contribution in [2.75, 3.05) is 20.1 Å². The van der Waals surface area contributed by atoms with Crippen LogP contribution in [0.25, 0.3) is 10.4 Å². The molecule has 1 fully saturated rings. The number of aryl methyl sites for hydroxylation is 1. The highest BCUT2D eigenvalue weighted by molar-refractivity contribution is 7.13. The van der Waals surface area contributed by atoms with Crippen molar-refractivity contribution in [1.29, 1.82) is 0 Å². The predicted molar refractivity (Wildman–Crippen MR) is 192 cm³/mol. The van der Waals surface area contributed by atoms with E-state index in [2.05, 4.69) is 33.1 Å². The van der Waals surface area contributed by atoms with Crippen LogP contribution in [-0.2, 0) is 19.2 Å². The van der Waals surface area contributed by atoms with Crippen LogP contribution in [0, 0.1) is 18.3 Å². The second kappa shape index (κ2) is 19.8. The first-order chi connectivity index (χ1) is 22.3. The standard InChI is InChI=1S/C24H34N4O2S.C13H25NO2/c1-15(17-9-11-18(12-10-17)20-16(2)26-14-31-20)27-22(29)19-8-7-13-28(19)23(30)21(25-6)24(3,4)5;1-4-11(3)13(16)12(5-2)14-9-7-6-8-10-15/h9-12,14-15,19,21,25H,7-8,13H2,1-6H3,(H,27,29);10-12,14H,4-9H2,1-3H3/t15-,19-,21+;11?,12-/m00/s1. The fourth-order valence-electron chi connectivity index (χ4n) is 5.91. The van der Waals surface area contributed by atoms with E-state index in [-0.39, 0.29) is 41.3 Å².